The van der Waals surface area contributed by atoms with E-state index in [9.17, 15) is 14.4 Å². The molecule has 5 nitrogen and oxygen atoms in total. The quantitative estimate of drug-likeness (QED) is 0.661. The first kappa shape index (κ1) is 18.6. The largest absolute Gasteiger partial charge is 0.451 e. The SMILES string of the molecule is CC(=O)c1c(C)[nH]c(C(=O)[C@H](C)OC(=O)c2cc(C)cc(C)c2)c1C. The summed E-state index contributed by atoms with van der Waals surface area (Å²) in [6.07, 6.45) is -0.954. The first-order valence-corrected chi connectivity index (χ1v) is 8.15. The lowest BCUT2D eigenvalue weighted by molar-refractivity contribution is 0.0316. The number of Topliss-reactive ketones (excluding diaryl/α,β-unsaturated/α-hetero) is 2. The molecule has 1 atom stereocenters. The van der Waals surface area contributed by atoms with Crippen LogP contribution in [-0.4, -0.2) is 28.6 Å². The van der Waals surface area contributed by atoms with Crippen molar-refractivity contribution in [2.75, 3.05) is 0 Å². The Morgan fingerprint density at radius 1 is 1.00 bits per heavy atom. The van der Waals surface area contributed by atoms with Crippen molar-refractivity contribution in [3.63, 3.8) is 0 Å². The number of esters is 1. The summed E-state index contributed by atoms with van der Waals surface area (Å²) in [6, 6.07) is 5.41. The molecule has 0 aliphatic carbocycles. The fourth-order valence-electron chi connectivity index (χ4n) is 3.10. The van der Waals surface area contributed by atoms with Crippen molar-refractivity contribution >= 4 is 17.5 Å². The van der Waals surface area contributed by atoms with Crippen LogP contribution >= 0.6 is 0 Å². The molecule has 132 valence electrons. The molecule has 1 aromatic heterocycles. The van der Waals surface area contributed by atoms with Crippen molar-refractivity contribution in [1.29, 1.82) is 0 Å². The minimum absolute atomic E-state index is 0.106. The first-order valence-electron chi connectivity index (χ1n) is 8.15. The third-order valence-corrected chi connectivity index (χ3v) is 4.15. The fraction of sp³-hybridized carbons (Fsp3) is 0.350. The van der Waals surface area contributed by atoms with E-state index in [1.165, 1.54) is 13.8 Å². The molecule has 2 rings (SSSR count). The molecule has 5 heteroatoms. The first-order chi connectivity index (χ1) is 11.6. The molecule has 0 bridgehead atoms. The Kier molecular flexibility index (Phi) is 5.26. The minimum atomic E-state index is -0.954. The number of ketones is 2. The molecule has 0 radical (unpaired) electrons. The molecule has 1 aromatic carbocycles. The van der Waals surface area contributed by atoms with E-state index in [2.05, 4.69) is 4.98 Å². The average Bonchev–Trinajstić information content (AvgIpc) is 2.80. The molecule has 0 fully saturated rings. The van der Waals surface area contributed by atoms with Gasteiger partial charge in [0.15, 0.2) is 11.9 Å². The summed E-state index contributed by atoms with van der Waals surface area (Å²) in [4.78, 5) is 39.6. The van der Waals surface area contributed by atoms with Gasteiger partial charge in [-0.05, 0) is 59.2 Å². The van der Waals surface area contributed by atoms with Gasteiger partial charge in [-0.25, -0.2) is 4.79 Å². The van der Waals surface area contributed by atoms with Crippen LogP contribution in [-0.2, 0) is 4.74 Å². The number of aryl methyl sites for hydroxylation is 3. The molecule has 25 heavy (non-hydrogen) atoms. The van der Waals surface area contributed by atoms with E-state index in [-0.39, 0.29) is 11.6 Å². The van der Waals surface area contributed by atoms with E-state index in [1.54, 1.807) is 26.0 Å². The highest BCUT2D eigenvalue weighted by atomic mass is 16.5. The maximum Gasteiger partial charge on any atom is 0.338 e. The lowest BCUT2D eigenvalue weighted by Crippen LogP contribution is -2.25. The van der Waals surface area contributed by atoms with Gasteiger partial charge in [-0.3, -0.25) is 9.59 Å². The monoisotopic (exact) mass is 341 g/mol. The minimum Gasteiger partial charge on any atom is -0.451 e. The average molecular weight is 341 g/mol. The molecule has 2 aromatic rings. The van der Waals surface area contributed by atoms with Gasteiger partial charge in [0.1, 0.15) is 0 Å². The van der Waals surface area contributed by atoms with Crippen LogP contribution in [0.2, 0.25) is 0 Å². The lowest BCUT2D eigenvalue weighted by atomic mass is 10.0. The van der Waals surface area contributed by atoms with Crippen molar-refractivity contribution in [3.8, 4) is 0 Å². The number of carbonyl (C=O) groups is 3. The van der Waals surface area contributed by atoms with Crippen LogP contribution in [0.3, 0.4) is 0 Å². The molecular formula is C20H23NO4. The summed E-state index contributed by atoms with van der Waals surface area (Å²) in [5, 5.41) is 0. The second kappa shape index (κ2) is 7.05. The van der Waals surface area contributed by atoms with Gasteiger partial charge in [0.25, 0.3) is 0 Å². The third kappa shape index (κ3) is 3.87. The van der Waals surface area contributed by atoms with E-state index < -0.39 is 12.1 Å². The van der Waals surface area contributed by atoms with E-state index in [4.69, 9.17) is 4.74 Å². The zero-order valence-corrected chi connectivity index (χ0v) is 15.4. The zero-order chi connectivity index (χ0) is 18.9. The molecule has 0 aliphatic heterocycles. The molecule has 0 unspecified atom stereocenters. The smallest absolute Gasteiger partial charge is 0.338 e. The summed E-state index contributed by atoms with van der Waals surface area (Å²) < 4.78 is 5.33. The Morgan fingerprint density at radius 3 is 2.04 bits per heavy atom. The molecule has 0 saturated heterocycles. The predicted octanol–water partition coefficient (Wildman–Crippen LogP) is 3.88. The molecule has 0 spiro atoms. The maximum absolute atomic E-state index is 12.6. The van der Waals surface area contributed by atoms with Crippen LogP contribution < -0.4 is 0 Å². The summed E-state index contributed by atoms with van der Waals surface area (Å²) in [5.41, 5.74) is 4.37. The van der Waals surface area contributed by atoms with Crippen molar-refractivity contribution in [1.82, 2.24) is 4.98 Å². The standard InChI is InChI=1S/C20H23NO4/c1-10-7-11(2)9-16(8-10)20(24)25-15(6)19(23)18-12(3)17(14(5)22)13(4)21-18/h7-9,15,21H,1-6H3/t15-/m0/s1. The number of carbonyl (C=O) groups excluding carboxylic acids is 3. The summed E-state index contributed by atoms with van der Waals surface area (Å²) in [5.74, 6) is -1.00. The van der Waals surface area contributed by atoms with Crippen LogP contribution in [0.15, 0.2) is 18.2 Å². The Morgan fingerprint density at radius 2 is 1.56 bits per heavy atom. The highest BCUT2D eigenvalue weighted by Gasteiger charge is 2.26. The van der Waals surface area contributed by atoms with Crippen LogP contribution in [0.4, 0.5) is 0 Å². The highest BCUT2D eigenvalue weighted by molar-refractivity contribution is 6.05. The van der Waals surface area contributed by atoms with Crippen LogP contribution in [0.5, 0.6) is 0 Å². The third-order valence-electron chi connectivity index (χ3n) is 4.15. The lowest BCUT2D eigenvalue weighted by Gasteiger charge is -2.13. The summed E-state index contributed by atoms with van der Waals surface area (Å²) in [7, 11) is 0. The Balaban J connectivity index is 2.22. The Hall–Kier alpha value is -2.69. The number of nitrogens with one attached hydrogen (secondary N) is 1. The summed E-state index contributed by atoms with van der Waals surface area (Å²) >= 11 is 0. The Bertz CT molecular complexity index is 841. The van der Waals surface area contributed by atoms with Crippen LogP contribution in [0.25, 0.3) is 0 Å². The number of H-pyrrole nitrogens is 1. The van der Waals surface area contributed by atoms with E-state index in [0.717, 1.165) is 11.1 Å². The van der Waals surface area contributed by atoms with E-state index >= 15 is 0 Å². The molecule has 0 amide bonds. The number of hydrogen-bond donors (Lipinski definition) is 1. The maximum atomic E-state index is 12.6. The molecule has 0 aliphatic rings. The second-order valence-corrected chi connectivity index (χ2v) is 6.47. The zero-order valence-electron chi connectivity index (χ0n) is 15.4. The van der Waals surface area contributed by atoms with Gasteiger partial charge in [-0.15, -0.1) is 0 Å². The van der Waals surface area contributed by atoms with Crippen LogP contribution in [0, 0.1) is 27.7 Å². The van der Waals surface area contributed by atoms with Gasteiger partial charge < -0.3 is 9.72 Å². The van der Waals surface area contributed by atoms with Crippen molar-refractivity contribution < 1.29 is 19.1 Å². The highest BCUT2D eigenvalue weighted by Crippen LogP contribution is 2.21. The van der Waals surface area contributed by atoms with Crippen molar-refractivity contribution in [2.45, 2.75) is 47.6 Å². The van der Waals surface area contributed by atoms with E-state index in [1.807, 2.05) is 19.9 Å². The number of aromatic nitrogens is 1. The number of hydrogen-bond acceptors (Lipinski definition) is 4. The van der Waals surface area contributed by atoms with Crippen molar-refractivity contribution in [3.05, 3.63) is 57.4 Å². The summed E-state index contributed by atoms with van der Waals surface area (Å²) in [6.45, 7) is 10.2. The number of benzene rings is 1. The van der Waals surface area contributed by atoms with Crippen molar-refractivity contribution in [2.24, 2.45) is 0 Å². The van der Waals surface area contributed by atoms with Gasteiger partial charge in [0, 0.05) is 11.3 Å². The molecule has 0 saturated carbocycles. The number of aromatic amines is 1. The van der Waals surface area contributed by atoms with Gasteiger partial charge in [0.2, 0.25) is 5.78 Å². The van der Waals surface area contributed by atoms with Gasteiger partial charge in [-0.1, -0.05) is 17.2 Å². The molecular weight excluding hydrogens is 318 g/mol. The van der Waals surface area contributed by atoms with Gasteiger partial charge in [-0.2, -0.15) is 0 Å². The molecule has 1 N–H and O–H groups in total. The predicted molar refractivity (Wildman–Crippen MR) is 95.4 cm³/mol. The van der Waals surface area contributed by atoms with Gasteiger partial charge >= 0.3 is 5.97 Å². The normalized spacial score (nSPS) is 11.9. The number of rotatable bonds is 5. The fourth-order valence-corrected chi connectivity index (χ4v) is 3.10. The number of ether oxygens (including phenoxy) is 1. The Labute approximate surface area is 147 Å². The van der Waals surface area contributed by atoms with Crippen LogP contribution in [0.1, 0.15) is 67.4 Å². The second-order valence-electron chi connectivity index (χ2n) is 6.47. The van der Waals surface area contributed by atoms with E-state index in [0.29, 0.717) is 28.1 Å². The molecule has 1 heterocycles. The van der Waals surface area contributed by atoms with Gasteiger partial charge in [0.05, 0.1) is 11.3 Å². The topological polar surface area (TPSA) is 76.2 Å².